The molecule has 0 bridgehead atoms. The highest BCUT2D eigenvalue weighted by Crippen LogP contribution is 2.19. The number of rotatable bonds is 5. The van der Waals surface area contributed by atoms with Gasteiger partial charge in [0, 0.05) is 11.8 Å². The lowest BCUT2D eigenvalue weighted by molar-refractivity contribution is 0.771. The molecule has 0 aliphatic rings. The Bertz CT molecular complexity index is 497. The number of imidazole rings is 1. The SMILES string of the molecule is CCC(CSC)Nc1nc(N)nc2nc[nH]c12. The summed E-state index contributed by atoms with van der Waals surface area (Å²) in [5.41, 5.74) is 7.05. The molecule has 17 heavy (non-hydrogen) atoms. The predicted molar refractivity (Wildman–Crippen MR) is 72.2 cm³/mol. The predicted octanol–water partition coefficient (Wildman–Crippen LogP) is 1.49. The van der Waals surface area contributed by atoms with Gasteiger partial charge in [-0.3, -0.25) is 0 Å². The van der Waals surface area contributed by atoms with Crippen molar-refractivity contribution in [3.05, 3.63) is 6.33 Å². The number of fused-ring (bicyclic) bond motifs is 1. The fourth-order valence-corrected chi connectivity index (χ4v) is 2.33. The molecule has 1 atom stereocenters. The van der Waals surface area contributed by atoms with Crippen LogP contribution in [0.3, 0.4) is 0 Å². The Morgan fingerprint density at radius 3 is 3.06 bits per heavy atom. The molecule has 0 amide bonds. The average Bonchev–Trinajstić information content (AvgIpc) is 2.76. The Kier molecular flexibility index (Phi) is 3.68. The van der Waals surface area contributed by atoms with Gasteiger partial charge in [0.25, 0.3) is 0 Å². The molecule has 0 radical (unpaired) electrons. The standard InChI is InChI=1S/C10H16N6S/c1-3-6(4-17-2)14-9-7-8(13-5-12-7)15-10(11)16-9/h5-6H,3-4H2,1-2H3,(H4,11,12,13,14,15,16). The molecule has 0 saturated carbocycles. The Morgan fingerprint density at radius 2 is 2.35 bits per heavy atom. The number of nitrogens with two attached hydrogens (primary N) is 1. The van der Waals surface area contributed by atoms with E-state index in [4.69, 9.17) is 5.73 Å². The topological polar surface area (TPSA) is 92.5 Å². The normalized spacial score (nSPS) is 12.8. The quantitative estimate of drug-likeness (QED) is 0.746. The molecular formula is C10H16N6S. The molecule has 2 aromatic heterocycles. The van der Waals surface area contributed by atoms with E-state index in [1.54, 1.807) is 18.1 Å². The largest absolute Gasteiger partial charge is 0.368 e. The van der Waals surface area contributed by atoms with Gasteiger partial charge >= 0.3 is 0 Å². The van der Waals surface area contributed by atoms with E-state index in [2.05, 4.69) is 38.4 Å². The van der Waals surface area contributed by atoms with Crippen molar-refractivity contribution in [1.82, 2.24) is 19.9 Å². The number of nitrogen functional groups attached to an aromatic ring is 1. The molecule has 0 fully saturated rings. The van der Waals surface area contributed by atoms with E-state index in [1.807, 2.05) is 0 Å². The molecular weight excluding hydrogens is 236 g/mol. The molecule has 4 N–H and O–H groups in total. The van der Waals surface area contributed by atoms with Gasteiger partial charge in [-0.05, 0) is 12.7 Å². The number of nitrogens with zero attached hydrogens (tertiary/aromatic N) is 3. The van der Waals surface area contributed by atoms with Crippen LogP contribution in [0.2, 0.25) is 0 Å². The van der Waals surface area contributed by atoms with Gasteiger partial charge in [0.05, 0.1) is 6.33 Å². The lowest BCUT2D eigenvalue weighted by atomic mass is 10.2. The zero-order chi connectivity index (χ0) is 12.3. The highest BCUT2D eigenvalue weighted by Gasteiger charge is 2.12. The molecule has 92 valence electrons. The minimum atomic E-state index is 0.242. The second-order valence-corrected chi connectivity index (χ2v) is 4.65. The Hall–Kier alpha value is -1.50. The van der Waals surface area contributed by atoms with E-state index < -0.39 is 0 Å². The third-order valence-corrected chi connectivity index (χ3v) is 3.24. The van der Waals surface area contributed by atoms with Crippen molar-refractivity contribution < 1.29 is 0 Å². The maximum atomic E-state index is 5.65. The summed E-state index contributed by atoms with van der Waals surface area (Å²) in [5, 5.41) is 3.38. The van der Waals surface area contributed by atoms with Gasteiger partial charge in [0.1, 0.15) is 5.52 Å². The number of thioether (sulfide) groups is 1. The van der Waals surface area contributed by atoms with Crippen molar-refractivity contribution in [2.75, 3.05) is 23.1 Å². The summed E-state index contributed by atoms with van der Waals surface area (Å²) >= 11 is 1.80. The Labute approximate surface area is 104 Å². The molecule has 0 aliphatic carbocycles. The molecule has 0 spiro atoms. The van der Waals surface area contributed by atoms with E-state index in [1.165, 1.54) is 0 Å². The van der Waals surface area contributed by atoms with Crippen LogP contribution in [0.1, 0.15) is 13.3 Å². The smallest absolute Gasteiger partial charge is 0.224 e. The van der Waals surface area contributed by atoms with Crippen LogP contribution >= 0.6 is 11.8 Å². The first-order chi connectivity index (χ1) is 8.24. The van der Waals surface area contributed by atoms with Gasteiger partial charge in [-0.15, -0.1) is 0 Å². The van der Waals surface area contributed by atoms with Gasteiger partial charge in [0.15, 0.2) is 11.5 Å². The highest BCUT2D eigenvalue weighted by atomic mass is 32.2. The van der Waals surface area contributed by atoms with Gasteiger partial charge in [-0.25, -0.2) is 4.98 Å². The summed E-state index contributed by atoms with van der Waals surface area (Å²) in [6.45, 7) is 2.14. The lowest BCUT2D eigenvalue weighted by Gasteiger charge is -2.16. The molecule has 0 aliphatic heterocycles. The van der Waals surface area contributed by atoms with E-state index in [0.29, 0.717) is 11.7 Å². The van der Waals surface area contributed by atoms with Crippen LogP contribution in [0.4, 0.5) is 11.8 Å². The van der Waals surface area contributed by atoms with E-state index in [9.17, 15) is 0 Å². The Balaban J connectivity index is 2.30. The maximum Gasteiger partial charge on any atom is 0.224 e. The van der Waals surface area contributed by atoms with Crippen LogP contribution in [-0.4, -0.2) is 38.0 Å². The average molecular weight is 252 g/mol. The van der Waals surface area contributed by atoms with Crippen molar-refractivity contribution in [3.8, 4) is 0 Å². The van der Waals surface area contributed by atoms with Crippen LogP contribution in [0, 0.1) is 0 Å². The fourth-order valence-electron chi connectivity index (χ4n) is 1.61. The zero-order valence-electron chi connectivity index (χ0n) is 9.90. The first-order valence-corrected chi connectivity index (χ1v) is 6.86. The minimum Gasteiger partial charge on any atom is -0.368 e. The van der Waals surface area contributed by atoms with Crippen LogP contribution < -0.4 is 11.1 Å². The monoisotopic (exact) mass is 252 g/mol. The third-order valence-electron chi connectivity index (χ3n) is 2.50. The molecule has 2 aromatic rings. The number of H-pyrrole nitrogens is 1. The first-order valence-electron chi connectivity index (χ1n) is 5.46. The number of hydrogen-bond donors (Lipinski definition) is 3. The summed E-state index contributed by atoms with van der Waals surface area (Å²) in [5.74, 6) is 1.99. The number of aromatic amines is 1. The molecule has 2 rings (SSSR count). The molecule has 7 heteroatoms. The number of anilines is 2. The molecule has 0 aromatic carbocycles. The fraction of sp³-hybridized carbons (Fsp3) is 0.500. The molecule has 0 saturated heterocycles. The van der Waals surface area contributed by atoms with Gasteiger partial charge in [0.2, 0.25) is 5.95 Å². The van der Waals surface area contributed by atoms with Crippen LogP contribution in [-0.2, 0) is 0 Å². The van der Waals surface area contributed by atoms with Crippen LogP contribution in [0.5, 0.6) is 0 Å². The number of nitrogens with one attached hydrogen (secondary N) is 2. The van der Waals surface area contributed by atoms with E-state index in [-0.39, 0.29) is 5.95 Å². The van der Waals surface area contributed by atoms with Gasteiger partial charge < -0.3 is 16.0 Å². The summed E-state index contributed by atoms with van der Waals surface area (Å²) in [6.07, 6.45) is 4.71. The third kappa shape index (κ3) is 2.60. The molecule has 6 nitrogen and oxygen atoms in total. The molecule has 2 heterocycles. The summed E-state index contributed by atoms with van der Waals surface area (Å²) in [6, 6.07) is 0.366. The minimum absolute atomic E-state index is 0.242. The summed E-state index contributed by atoms with van der Waals surface area (Å²) in [7, 11) is 0. The maximum absolute atomic E-state index is 5.65. The van der Waals surface area contributed by atoms with Crippen LogP contribution in [0.15, 0.2) is 6.33 Å². The first kappa shape index (κ1) is 12.0. The van der Waals surface area contributed by atoms with Crippen molar-refractivity contribution in [1.29, 1.82) is 0 Å². The van der Waals surface area contributed by atoms with Crippen molar-refractivity contribution in [2.45, 2.75) is 19.4 Å². The van der Waals surface area contributed by atoms with Gasteiger partial charge in [-0.2, -0.15) is 21.7 Å². The van der Waals surface area contributed by atoms with E-state index >= 15 is 0 Å². The van der Waals surface area contributed by atoms with Crippen molar-refractivity contribution in [3.63, 3.8) is 0 Å². The van der Waals surface area contributed by atoms with Gasteiger partial charge in [-0.1, -0.05) is 6.92 Å². The van der Waals surface area contributed by atoms with Crippen LogP contribution in [0.25, 0.3) is 11.2 Å². The second kappa shape index (κ2) is 5.22. The second-order valence-electron chi connectivity index (χ2n) is 3.74. The zero-order valence-corrected chi connectivity index (χ0v) is 10.7. The summed E-state index contributed by atoms with van der Waals surface area (Å²) in [4.78, 5) is 15.4. The molecule has 1 unspecified atom stereocenters. The van der Waals surface area contributed by atoms with Crippen molar-refractivity contribution in [2.24, 2.45) is 0 Å². The Morgan fingerprint density at radius 1 is 1.53 bits per heavy atom. The number of aromatic nitrogens is 4. The number of hydrogen-bond acceptors (Lipinski definition) is 6. The summed E-state index contributed by atoms with van der Waals surface area (Å²) < 4.78 is 0. The highest BCUT2D eigenvalue weighted by molar-refractivity contribution is 7.98. The lowest BCUT2D eigenvalue weighted by Crippen LogP contribution is -2.22. The van der Waals surface area contributed by atoms with Crippen molar-refractivity contribution >= 4 is 34.7 Å². The van der Waals surface area contributed by atoms with E-state index in [0.717, 1.165) is 23.5 Å².